The van der Waals surface area contributed by atoms with Crippen LogP contribution < -0.4 is 10.6 Å². The minimum atomic E-state index is -0.642. The molecule has 146 valence electrons. The normalized spacial score (nSPS) is 10.1. The molecule has 29 heavy (non-hydrogen) atoms. The van der Waals surface area contributed by atoms with Crippen LogP contribution in [0.4, 0.5) is 11.4 Å². The first-order valence-electron chi connectivity index (χ1n) is 8.56. The quantitative estimate of drug-likeness (QED) is 0.604. The van der Waals surface area contributed by atoms with Crippen LogP contribution in [-0.4, -0.2) is 29.4 Å². The monoisotopic (exact) mass is 409 g/mol. The van der Waals surface area contributed by atoms with Gasteiger partial charge >= 0.3 is 5.97 Å². The summed E-state index contributed by atoms with van der Waals surface area (Å²) in [6.45, 7) is -0.492. The maximum Gasteiger partial charge on any atom is 0.338 e. The van der Waals surface area contributed by atoms with E-state index in [4.69, 9.17) is 16.3 Å². The van der Waals surface area contributed by atoms with Crippen molar-refractivity contribution in [3.05, 3.63) is 89.2 Å². The van der Waals surface area contributed by atoms with Gasteiger partial charge in [-0.15, -0.1) is 0 Å². The summed E-state index contributed by atoms with van der Waals surface area (Å²) < 4.78 is 4.98. The van der Waals surface area contributed by atoms with Crippen LogP contribution in [0.25, 0.3) is 0 Å². The van der Waals surface area contributed by atoms with Crippen LogP contribution in [0, 0.1) is 0 Å². The molecule has 0 aliphatic rings. The number of pyridine rings is 1. The Balaban J connectivity index is 1.62. The zero-order chi connectivity index (χ0) is 20.6. The summed E-state index contributed by atoms with van der Waals surface area (Å²) in [6.07, 6.45) is 2.90. The van der Waals surface area contributed by atoms with Gasteiger partial charge in [0.15, 0.2) is 6.61 Å². The van der Waals surface area contributed by atoms with Crippen molar-refractivity contribution in [2.24, 2.45) is 0 Å². The fraction of sp³-hybridized carbons (Fsp3) is 0.0476. The fourth-order valence-electron chi connectivity index (χ4n) is 2.41. The third-order valence-electron chi connectivity index (χ3n) is 3.80. The number of carbonyl (C=O) groups is 3. The first-order chi connectivity index (χ1) is 14.0. The maximum absolute atomic E-state index is 12.6. The summed E-state index contributed by atoms with van der Waals surface area (Å²) in [5, 5.41) is 5.87. The Morgan fingerprint density at radius 3 is 2.31 bits per heavy atom. The molecule has 1 heterocycles. The van der Waals surface area contributed by atoms with Gasteiger partial charge in [-0.25, -0.2) is 4.79 Å². The van der Waals surface area contributed by atoms with Crippen molar-refractivity contribution in [3.8, 4) is 0 Å². The second kappa shape index (κ2) is 9.48. The average Bonchev–Trinajstić information content (AvgIpc) is 2.74. The Labute approximate surface area is 171 Å². The second-order valence-electron chi connectivity index (χ2n) is 5.87. The predicted molar refractivity (Wildman–Crippen MR) is 109 cm³/mol. The van der Waals surface area contributed by atoms with Gasteiger partial charge in [-0.05, 0) is 48.5 Å². The number of carbonyl (C=O) groups excluding carboxylic acids is 3. The predicted octanol–water partition coefficient (Wildman–Crippen LogP) is 3.78. The molecular weight excluding hydrogens is 394 g/mol. The molecule has 2 aromatic carbocycles. The van der Waals surface area contributed by atoms with Crippen LogP contribution >= 0.6 is 11.6 Å². The molecule has 0 saturated carbocycles. The van der Waals surface area contributed by atoms with Crippen molar-refractivity contribution < 1.29 is 19.1 Å². The van der Waals surface area contributed by atoms with Gasteiger partial charge in [-0.2, -0.15) is 0 Å². The largest absolute Gasteiger partial charge is 0.452 e. The summed E-state index contributed by atoms with van der Waals surface area (Å²) in [5.74, 6) is -1.62. The van der Waals surface area contributed by atoms with Crippen molar-refractivity contribution >= 4 is 40.8 Å². The van der Waals surface area contributed by atoms with Crippen LogP contribution in [0.15, 0.2) is 73.1 Å². The fourth-order valence-corrected chi connectivity index (χ4v) is 2.54. The Hall–Kier alpha value is -3.71. The number of anilines is 2. The highest BCUT2D eigenvalue weighted by atomic mass is 35.5. The SMILES string of the molecule is O=C(COC(=O)c1ccncc1)Nc1ccccc1C(=O)Nc1ccc(Cl)cc1. The number of ether oxygens (including phenoxy) is 1. The highest BCUT2D eigenvalue weighted by Crippen LogP contribution is 2.19. The van der Waals surface area contributed by atoms with Gasteiger partial charge < -0.3 is 15.4 Å². The zero-order valence-corrected chi connectivity index (χ0v) is 15.8. The van der Waals surface area contributed by atoms with E-state index in [0.717, 1.165) is 0 Å². The van der Waals surface area contributed by atoms with Crippen molar-refractivity contribution in [3.63, 3.8) is 0 Å². The van der Waals surface area contributed by atoms with Crippen LogP contribution in [0.1, 0.15) is 20.7 Å². The number of nitrogens with one attached hydrogen (secondary N) is 2. The lowest BCUT2D eigenvalue weighted by atomic mass is 10.1. The molecule has 0 saturated heterocycles. The number of halogens is 1. The number of rotatable bonds is 6. The van der Waals surface area contributed by atoms with Crippen LogP contribution in [0.2, 0.25) is 5.02 Å². The Kier molecular flexibility index (Phi) is 6.55. The number of hydrogen-bond donors (Lipinski definition) is 2. The number of esters is 1. The summed E-state index contributed by atoms with van der Waals surface area (Å²) in [7, 11) is 0. The van der Waals surface area contributed by atoms with Crippen molar-refractivity contribution in [2.45, 2.75) is 0 Å². The first-order valence-corrected chi connectivity index (χ1v) is 8.93. The number of aromatic nitrogens is 1. The van der Waals surface area contributed by atoms with Crippen molar-refractivity contribution in [1.82, 2.24) is 4.98 Å². The molecule has 0 bridgehead atoms. The lowest BCUT2D eigenvalue weighted by Crippen LogP contribution is -2.23. The van der Waals surface area contributed by atoms with Gasteiger partial charge in [-0.1, -0.05) is 23.7 Å². The van der Waals surface area contributed by atoms with E-state index < -0.39 is 24.4 Å². The molecule has 2 N–H and O–H groups in total. The molecule has 0 unspecified atom stereocenters. The minimum Gasteiger partial charge on any atom is -0.452 e. The Morgan fingerprint density at radius 2 is 1.59 bits per heavy atom. The van der Waals surface area contributed by atoms with Crippen LogP contribution in [-0.2, 0) is 9.53 Å². The van der Waals surface area contributed by atoms with Crippen molar-refractivity contribution in [1.29, 1.82) is 0 Å². The smallest absolute Gasteiger partial charge is 0.338 e. The summed E-state index contributed by atoms with van der Waals surface area (Å²) in [4.78, 5) is 40.4. The van der Waals surface area contributed by atoms with Crippen LogP contribution in [0.5, 0.6) is 0 Å². The zero-order valence-electron chi connectivity index (χ0n) is 15.1. The van der Waals surface area contributed by atoms with Crippen molar-refractivity contribution in [2.75, 3.05) is 17.2 Å². The standard InChI is InChI=1S/C21H16ClN3O4/c22-15-5-7-16(8-6-15)24-20(27)17-3-1-2-4-18(17)25-19(26)13-29-21(28)14-9-11-23-12-10-14/h1-12H,13H2,(H,24,27)(H,25,26). The average molecular weight is 410 g/mol. The molecule has 2 amide bonds. The molecule has 0 spiro atoms. The molecule has 7 nitrogen and oxygen atoms in total. The molecule has 3 rings (SSSR count). The van der Waals surface area contributed by atoms with Crippen LogP contribution in [0.3, 0.4) is 0 Å². The molecule has 0 fully saturated rings. The number of para-hydroxylation sites is 1. The molecule has 3 aromatic rings. The number of hydrogen-bond acceptors (Lipinski definition) is 5. The first kappa shape index (κ1) is 20.0. The third kappa shape index (κ3) is 5.63. The van der Waals surface area contributed by atoms with Gasteiger partial charge in [0.05, 0.1) is 16.8 Å². The summed E-state index contributed by atoms with van der Waals surface area (Å²) in [5.41, 5.74) is 1.41. The molecule has 0 atom stereocenters. The van der Waals surface area contributed by atoms with Gasteiger partial charge in [0, 0.05) is 23.1 Å². The van der Waals surface area contributed by atoms with E-state index in [1.54, 1.807) is 48.5 Å². The molecule has 0 aliphatic heterocycles. The molecular formula is C21H16ClN3O4. The Bertz CT molecular complexity index is 1020. The van der Waals surface area contributed by atoms with E-state index >= 15 is 0 Å². The maximum atomic E-state index is 12.6. The highest BCUT2D eigenvalue weighted by Gasteiger charge is 2.15. The lowest BCUT2D eigenvalue weighted by Gasteiger charge is -2.12. The summed E-state index contributed by atoms with van der Waals surface area (Å²) in [6, 6.07) is 16.1. The number of amides is 2. The van der Waals surface area contributed by atoms with E-state index in [2.05, 4.69) is 15.6 Å². The molecule has 8 heteroatoms. The van der Waals surface area contributed by atoms with Gasteiger partial charge in [-0.3, -0.25) is 14.6 Å². The van der Waals surface area contributed by atoms with E-state index in [0.29, 0.717) is 16.4 Å². The number of nitrogens with zero attached hydrogens (tertiary/aromatic N) is 1. The molecule has 0 aliphatic carbocycles. The third-order valence-corrected chi connectivity index (χ3v) is 4.05. The molecule has 0 radical (unpaired) electrons. The minimum absolute atomic E-state index is 0.260. The highest BCUT2D eigenvalue weighted by molar-refractivity contribution is 6.30. The van der Waals surface area contributed by atoms with E-state index in [1.165, 1.54) is 24.5 Å². The van der Waals surface area contributed by atoms with Gasteiger partial charge in [0.1, 0.15) is 0 Å². The van der Waals surface area contributed by atoms with E-state index in [9.17, 15) is 14.4 Å². The van der Waals surface area contributed by atoms with E-state index in [1.807, 2.05) is 0 Å². The summed E-state index contributed by atoms with van der Waals surface area (Å²) >= 11 is 5.84. The second-order valence-corrected chi connectivity index (χ2v) is 6.30. The number of benzene rings is 2. The van der Waals surface area contributed by atoms with Gasteiger partial charge in [0.25, 0.3) is 11.8 Å². The molecule has 1 aromatic heterocycles. The topological polar surface area (TPSA) is 97.4 Å². The Morgan fingerprint density at radius 1 is 0.897 bits per heavy atom. The lowest BCUT2D eigenvalue weighted by molar-refractivity contribution is -0.119. The van der Waals surface area contributed by atoms with Gasteiger partial charge in [0.2, 0.25) is 0 Å². The van der Waals surface area contributed by atoms with E-state index in [-0.39, 0.29) is 11.1 Å².